The van der Waals surface area contributed by atoms with Gasteiger partial charge in [-0.3, -0.25) is 4.79 Å². The average Bonchev–Trinajstić information content (AvgIpc) is 2.34. The SMILES string of the molecule is CCC(CCCl)CNC(=O)c1c(O)cccc1O. The first kappa shape index (κ1) is 14.6. The lowest BCUT2D eigenvalue weighted by Gasteiger charge is -2.15. The van der Waals surface area contributed by atoms with Gasteiger partial charge in [-0.05, 0) is 24.5 Å². The van der Waals surface area contributed by atoms with Crippen molar-refractivity contribution in [1.29, 1.82) is 0 Å². The van der Waals surface area contributed by atoms with Crippen molar-refractivity contribution >= 4 is 17.5 Å². The molecular weight excluding hydrogens is 254 g/mol. The van der Waals surface area contributed by atoms with Crippen LogP contribution in [0.1, 0.15) is 30.1 Å². The summed E-state index contributed by atoms with van der Waals surface area (Å²) < 4.78 is 0. The van der Waals surface area contributed by atoms with Gasteiger partial charge in [-0.1, -0.05) is 19.4 Å². The third-order valence-electron chi connectivity index (χ3n) is 2.89. The Balaban J connectivity index is 2.65. The van der Waals surface area contributed by atoms with Crippen molar-refractivity contribution in [3.63, 3.8) is 0 Å². The number of carbonyl (C=O) groups is 1. The summed E-state index contributed by atoms with van der Waals surface area (Å²) in [6, 6.07) is 4.21. The van der Waals surface area contributed by atoms with Crippen LogP contribution in [0.2, 0.25) is 0 Å². The number of alkyl halides is 1. The van der Waals surface area contributed by atoms with Crippen LogP contribution in [0.5, 0.6) is 11.5 Å². The van der Waals surface area contributed by atoms with Crippen molar-refractivity contribution in [3.8, 4) is 11.5 Å². The largest absolute Gasteiger partial charge is 0.507 e. The van der Waals surface area contributed by atoms with Crippen molar-refractivity contribution < 1.29 is 15.0 Å². The third kappa shape index (κ3) is 3.81. The molecular formula is C13H18ClNO3. The van der Waals surface area contributed by atoms with E-state index in [0.717, 1.165) is 12.8 Å². The second-order valence-corrected chi connectivity index (χ2v) is 4.51. The van der Waals surface area contributed by atoms with Gasteiger partial charge in [-0.2, -0.15) is 0 Å². The van der Waals surface area contributed by atoms with Gasteiger partial charge in [-0.25, -0.2) is 0 Å². The molecule has 5 heteroatoms. The molecule has 0 saturated heterocycles. The minimum Gasteiger partial charge on any atom is -0.507 e. The fraction of sp³-hybridized carbons (Fsp3) is 0.462. The molecule has 18 heavy (non-hydrogen) atoms. The van der Waals surface area contributed by atoms with E-state index in [1.165, 1.54) is 18.2 Å². The van der Waals surface area contributed by atoms with Crippen LogP contribution in [-0.2, 0) is 0 Å². The van der Waals surface area contributed by atoms with Crippen LogP contribution in [0.3, 0.4) is 0 Å². The third-order valence-corrected chi connectivity index (χ3v) is 3.11. The summed E-state index contributed by atoms with van der Waals surface area (Å²) in [7, 11) is 0. The number of rotatable bonds is 6. The molecule has 0 aliphatic heterocycles. The van der Waals surface area contributed by atoms with Gasteiger partial charge in [-0.15, -0.1) is 11.6 Å². The van der Waals surface area contributed by atoms with Crippen LogP contribution in [0, 0.1) is 5.92 Å². The van der Waals surface area contributed by atoms with Crippen molar-refractivity contribution in [2.24, 2.45) is 5.92 Å². The van der Waals surface area contributed by atoms with E-state index in [1.807, 2.05) is 6.92 Å². The van der Waals surface area contributed by atoms with Crippen molar-refractivity contribution in [1.82, 2.24) is 5.32 Å². The van der Waals surface area contributed by atoms with E-state index in [-0.39, 0.29) is 17.1 Å². The Morgan fingerprint density at radius 3 is 2.50 bits per heavy atom. The van der Waals surface area contributed by atoms with E-state index >= 15 is 0 Å². The quantitative estimate of drug-likeness (QED) is 0.696. The summed E-state index contributed by atoms with van der Waals surface area (Å²) in [6.07, 6.45) is 1.74. The van der Waals surface area contributed by atoms with Gasteiger partial charge in [0.15, 0.2) is 0 Å². The minimum absolute atomic E-state index is 0.0850. The summed E-state index contributed by atoms with van der Waals surface area (Å²) in [4.78, 5) is 11.8. The first-order valence-corrected chi connectivity index (χ1v) is 6.48. The maximum Gasteiger partial charge on any atom is 0.258 e. The van der Waals surface area contributed by atoms with Crippen molar-refractivity contribution in [3.05, 3.63) is 23.8 Å². The van der Waals surface area contributed by atoms with Crippen LogP contribution in [0.15, 0.2) is 18.2 Å². The van der Waals surface area contributed by atoms with Crippen molar-refractivity contribution in [2.45, 2.75) is 19.8 Å². The number of phenols is 2. The standard InChI is InChI=1S/C13H18ClNO3/c1-2-9(6-7-14)8-15-13(18)12-10(16)4-3-5-11(12)17/h3-5,9,16-17H,2,6-8H2,1H3,(H,15,18). The van der Waals surface area contributed by atoms with Gasteiger partial charge in [0, 0.05) is 12.4 Å². The predicted octanol–water partition coefficient (Wildman–Crippen LogP) is 2.48. The highest BCUT2D eigenvalue weighted by molar-refractivity contribution is 6.17. The van der Waals surface area contributed by atoms with E-state index in [9.17, 15) is 15.0 Å². The number of halogens is 1. The lowest BCUT2D eigenvalue weighted by Crippen LogP contribution is -2.29. The molecule has 1 aromatic carbocycles. The highest BCUT2D eigenvalue weighted by Crippen LogP contribution is 2.25. The summed E-state index contributed by atoms with van der Waals surface area (Å²) in [5.41, 5.74) is -0.0850. The molecule has 0 fully saturated rings. The zero-order valence-corrected chi connectivity index (χ0v) is 11.1. The minimum atomic E-state index is -0.473. The Hall–Kier alpha value is -1.42. The maximum atomic E-state index is 11.8. The smallest absolute Gasteiger partial charge is 0.258 e. The molecule has 0 aliphatic carbocycles. The summed E-state index contributed by atoms with van der Waals surface area (Å²) in [6.45, 7) is 2.51. The van der Waals surface area contributed by atoms with E-state index in [1.54, 1.807) is 0 Å². The first-order chi connectivity index (χ1) is 8.60. The normalized spacial score (nSPS) is 12.1. The lowest BCUT2D eigenvalue weighted by molar-refractivity contribution is 0.0941. The number of benzene rings is 1. The topological polar surface area (TPSA) is 69.6 Å². The van der Waals surface area contributed by atoms with E-state index in [2.05, 4.69) is 5.32 Å². The Labute approximate surface area is 112 Å². The van der Waals surface area contributed by atoms with Crippen LogP contribution in [0.4, 0.5) is 0 Å². The molecule has 0 aromatic heterocycles. The molecule has 1 amide bonds. The molecule has 0 radical (unpaired) electrons. The second kappa shape index (κ2) is 7.11. The molecule has 0 aliphatic rings. The first-order valence-electron chi connectivity index (χ1n) is 5.95. The number of amides is 1. The molecule has 0 heterocycles. The van der Waals surface area contributed by atoms with Gasteiger partial charge in [0.2, 0.25) is 0 Å². The van der Waals surface area contributed by atoms with Crippen molar-refractivity contribution in [2.75, 3.05) is 12.4 Å². The zero-order valence-electron chi connectivity index (χ0n) is 10.3. The molecule has 3 N–H and O–H groups in total. The number of hydrogen-bond donors (Lipinski definition) is 3. The van der Waals surface area contributed by atoms with E-state index in [4.69, 9.17) is 11.6 Å². The Kier molecular flexibility index (Phi) is 5.78. The van der Waals surface area contributed by atoms with Gasteiger partial charge in [0.25, 0.3) is 5.91 Å². The fourth-order valence-electron chi connectivity index (χ4n) is 1.69. The number of phenolic OH excluding ortho intramolecular Hbond substituents is 2. The fourth-order valence-corrected chi connectivity index (χ4v) is 2.00. The van der Waals surface area contributed by atoms with Gasteiger partial charge in [0.05, 0.1) is 0 Å². The molecule has 0 spiro atoms. The monoisotopic (exact) mass is 271 g/mol. The average molecular weight is 272 g/mol. The van der Waals surface area contributed by atoms with Crippen LogP contribution < -0.4 is 5.32 Å². The van der Waals surface area contributed by atoms with Gasteiger partial charge in [0.1, 0.15) is 17.1 Å². The lowest BCUT2D eigenvalue weighted by atomic mass is 10.0. The molecule has 0 bridgehead atoms. The van der Waals surface area contributed by atoms with E-state index in [0.29, 0.717) is 18.3 Å². The summed E-state index contributed by atoms with van der Waals surface area (Å²) >= 11 is 5.67. The number of nitrogens with one attached hydrogen (secondary N) is 1. The van der Waals surface area contributed by atoms with Gasteiger partial charge >= 0.3 is 0 Å². The number of carbonyl (C=O) groups excluding carboxylic acids is 1. The molecule has 1 unspecified atom stereocenters. The van der Waals surface area contributed by atoms with Crippen LogP contribution in [-0.4, -0.2) is 28.5 Å². The second-order valence-electron chi connectivity index (χ2n) is 4.13. The number of aromatic hydroxyl groups is 2. The maximum absolute atomic E-state index is 11.8. The highest BCUT2D eigenvalue weighted by Gasteiger charge is 2.16. The van der Waals surface area contributed by atoms with E-state index < -0.39 is 5.91 Å². The zero-order chi connectivity index (χ0) is 13.5. The highest BCUT2D eigenvalue weighted by atomic mass is 35.5. The molecule has 1 aromatic rings. The predicted molar refractivity (Wildman–Crippen MR) is 71.2 cm³/mol. The summed E-state index contributed by atoms with van der Waals surface area (Å²) in [5, 5.41) is 21.8. The molecule has 1 rings (SSSR count). The number of hydrogen-bond acceptors (Lipinski definition) is 3. The van der Waals surface area contributed by atoms with Gasteiger partial charge < -0.3 is 15.5 Å². The Morgan fingerprint density at radius 2 is 2.00 bits per heavy atom. The molecule has 0 saturated carbocycles. The molecule has 1 atom stereocenters. The van der Waals surface area contributed by atoms with Crippen LogP contribution >= 0.6 is 11.6 Å². The summed E-state index contributed by atoms with van der Waals surface area (Å²) in [5.74, 6) is -0.0650. The molecule has 4 nitrogen and oxygen atoms in total. The Morgan fingerprint density at radius 1 is 1.39 bits per heavy atom. The molecule has 100 valence electrons. The van der Waals surface area contributed by atoms with Crippen LogP contribution in [0.25, 0.3) is 0 Å². The Bertz CT molecular complexity index is 389.